The number of non-ortho nitro benzene ring substituents is 2. The van der Waals surface area contributed by atoms with Crippen LogP contribution in [0.4, 0.5) is 11.4 Å². The van der Waals surface area contributed by atoms with Crippen molar-refractivity contribution in [1.29, 1.82) is 0 Å². The van der Waals surface area contributed by atoms with Crippen LogP contribution in [0.25, 0.3) is 0 Å². The monoisotopic (exact) mass is 510 g/mol. The smallest absolute Gasteiger partial charge is 0.273 e. The van der Waals surface area contributed by atoms with Gasteiger partial charge in [0.1, 0.15) is 23.0 Å². The first-order valence-electron chi connectivity index (χ1n) is 12.2. The standard InChI is InChI=1S/C30H26N2O6/c1-29(2)19-30(3,20-7-11-23(12-8-20)37-24-13-9-21(10-14-24)31(33)34)28-18-26(15-16-27(28)29)38-25-6-4-5-22(17-25)32(35)36/h4-18H,19H2,1-3H3. The Morgan fingerprint density at radius 2 is 1.18 bits per heavy atom. The number of rotatable bonds is 7. The van der Waals surface area contributed by atoms with E-state index in [4.69, 9.17) is 9.47 Å². The van der Waals surface area contributed by atoms with Crippen molar-refractivity contribution in [3.05, 3.63) is 128 Å². The zero-order chi connectivity index (χ0) is 27.1. The highest BCUT2D eigenvalue weighted by Gasteiger charge is 2.45. The van der Waals surface area contributed by atoms with E-state index in [0.29, 0.717) is 23.0 Å². The van der Waals surface area contributed by atoms with Gasteiger partial charge in [0.15, 0.2) is 0 Å². The van der Waals surface area contributed by atoms with Gasteiger partial charge in [-0.2, -0.15) is 0 Å². The highest BCUT2D eigenvalue weighted by atomic mass is 16.6. The maximum absolute atomic E-state index is 11.2. The van der Waals surface area contributed by atoms with Crippen molar-refractivity contribution in [2.45, 2.75) is 38.0 Å². The quantitative estimate of drug-likeness (QED) is 0.184. The Morgan fingerprint density at radius 3 is 1.82 bits per heavy atom. The largest absolute Gasteiger partial charge is 0.457 e. The van der Waals surface area contributed by atoms with Crippen LogP contribution >= 0.6 is 0 Å². The van der Waals surface area contributed by atoms with Crippen molar-refractivity contribution in [3.63, 3.8) is 0 Å². The molecule has 0 aliphatic heterocycles. The summed E-state index contributed by atoms with van der Waals surface area (Å²) in [7, 11) is 0. The molecule has 0 saturated heterocycles. The summed E-state index contributed by atoms with van der Waals surface area (Å²) in [6.07, 6.45) is 0.887. The van der Waals surface area contributed by atoms with E-state index in [1.165, 1.54) is 29.8 Å². The van der Waals surface area contributed by atoms with Gasteiger partial charge in [0.05, 0.1) is 15.9 Å². The molecular formula is C30H26N2O6. The molecule has 0 radical (unpaired) electrons. The predicted octanol–water partition coefficient (Wildman–Crippen LogP) is 8.07. The molecule has 0 N–H and O–H groups in total. The summed E-state index contributed by atoms with van der Waals surface area (Å²) in [6, 6.07) is 26.0. The molecule has 0 fully saturated rings. The SMILES string of the molecule is CC1(C)CC(C)(c2ccc(Oc3ccc([N+](=O)[O-])cc3)cc2)c2cc(Oc3cccc([N+](=O)[O-])c3)ccc21. The number of fused-ring (bicyclic) bond motifs is 1. The summed E-state index contributed by atoms with van der Waals surface area (Å²) in [5, 5.41) is 22.0. The first kappa shape index (κ1) is 25.0. The van der Waals surface area contributed by atoms with Crippen LogP contribution in [-0.2, 0) is 10.8 Å². The van der Waals surface area contributed by atoms with Gasteiger partial charge < -0.3 is 9.47 Å². The fourth-order valence-corrected chi connectivity index (χ4v) is 5.42. The average molecular weight is 511 g/mol. The fraction of sp³-hybridized carbons (Fsp3) is 0.200. The Hall–Kier alpha value is -4.72. The molecule has 4 aromatic carbocycles. The van der Waals surface area contributed by atoms with Gasteiger partial charge in [-0.3, -0.25) is 20.2 Å². The fourth-order valence-electron chi connectivity index (χ4n) is 5.42. The summed E-state index contributed by atoms with van der Waals surface area (Å²) in [6.45, 7) is 6.67. The van der Waals surface area contributed by atoms with Gasteiger partial charge in [0.2, 0.25) is 0 Å². The molecule has 8 heteroatoms. The van der Waals surface area contributed by atoms with Crippen molar-refractivity contribution >= 4 is 11.4 Å². The molecule has 4 aromatic rings. The van der Waals surface area contributed by atoms with Crippen molar-refractivity contribution < 1.29 is 19.3 Å². The second kappa shape index (κ2) is 9.30. The molecule has 0 spiro atoms. The Bertz CT molecular complexity index is 1530. The summed E-state index contributed by atoms with van der Waals surface area (Å²) >= 11 is 0. The Balaban J connectivity index is 1.42. The highest BCUT2D eigenvalue weighted by molar-refractivity contribution is 5.55. The molecule has 0 bridgehead atoms. The average Bonchev–Trinajstić information content (AvgIpc) is 3.10. The van der Waals surface area contributed by atoms with E-state index in [1.807, 2.05) is 36.4 Å². The maximum Gasteiger partial charge on any atom is 0.273 e. The summed E-state index contributed by atoms with van der Waals surface area (Å²) in [5.41, 5.74) is 3.12. The minimum atomic E-state index is -0.444. The number of hydrogen-bond donors (Lipinski definition) is 0. The zero-order valence-electron chi connectivity index (χ0n) is 21.2. The van der Waals surface area contributed by atoms with Crippen LogP contribution in [0.15, 0.2) is 91.0 Å². The zero-order valence-corrected chi connectivity index (χ0v) is 21.2. The van der Waals surface area contributed by atoms with Crippen LogP contribution in [0.2, 0.25) is 0 Å². The van der Waals surface area contributed by atoms with Gasteiger partial charge in [0.25, 0.3) is 11.4 Å². The van der Waals surface area contributed by atoms with Crippen LogP contribution in [-0.4, -0.2) is 9.85 Å². The van der Waals surface area contributed by atoms with Gasteiger partial charge in [-0.15, -0.1) is 0 Å². The van der Waals surface area contributed by atoms with Crippen LogP contribution < -0.4 is 9.47 Å². The summed E-state index contributed by atoms with van der Waals surface area (Å²) in [4.78, 5) is 21.1. The van der Waals surface area contributed by atoms with Gasteiger partial charge in [-0.1, -0.05) is 45.0 Å². The van der Waals surface area contributed by atoms with Crippen LogP contribution in [0, 0.1) is 20.2 Å². The van der Waals surface area contributed by atoms with E-state index in [1.54, 1.807) is 24.3 Å². The van der Waals surface area contributed by atoms with Crippen molar-refractivity contribution in [2.24, 2.45) is 0 Å². The maximum atomic E-state index is 11.2. The minimum Gasteiger partial charge on any atom is -0.457 e. The Morgan fingerprint density at radius 1 is 0.632 bits per heavy atom. The molecule has 1 unspecified atom stereocenters. The van der Waals surface area contributed by atoms with E-state index in [9.17, 15) is 20.2 Å². The van der Waals surface area contributed by atoms with Crippen LogP contribution in [0.1, 0.15) is 43.9 Å². The lowest BCUT2D eigenvalue weighted by molar-refractivity contribution is -0.385. The highest BCUT2D eigenvalue weighted by Crippen LogP contribution is 2.54. The lowest BCUT2D eigenvalue weighted by atomic mass is 9.75. The van der Waals surface area contributed by atoms with Gasteiger partial charge >= 0.3 is 0 Å². The summed E-state index contributed by atoms with van der Waals surface area (Å²) in [5.74, 6) is 2.17. The van der Waals surface area contributed by atoms with Crippen LogP contribution in [0.3, 0.4) is 0 Å². The number of ether oxygens (including phenoxy) is 2. The number of nitro benzene ring substituents is 2. The third-order valence-electron chi connectivity index (χ3n) is 7.15. The van der Waals surface area contributed by atoms with Crippen LogP contribution in [0.5, 0.6) is 23.0 Å². The third kappa shape index (κ3) is 4.68. The Kier molecular flexibility index (Phi) is 6.11. The number of benzene rings is 4. The van der Waals surface area contributed by atoms with Crippen molar-refractivity contribution in [1.82, 2.24) is 0 Å². The van der Waals surface area contributed by atoms with E-state index >= 15 is 0 Å². The second-order valence-corrected chi connectivity index (χ2v) is 10.3. The lowest BCUT2D eigenvalue weighted by Gasteiger charge is -2.28. The lowest BCUT2D eigenvalue weighted by Crippen LogP contribution is -2.23. The summed E-state index contributed by atoms with van der Waals surface area (Å²) < 4.78 is 11.9. The number of nitrogens with zero attached hydrogens (tertiary/aromatic N) is 2. The van der Waals surface area contributed by atoms with Gasteiger partial charge in [-0.05, 0) is 71.0 Å². The Labute approximate surface area is 219 Å². The molecule has 1 aliphatic rings. The molecule has 1 aliphatic carbocycles. The molecule has 0 heterocycles. The molecule has 1 atom stereocenters. The molecular weight excluding hydrogens is 484 g/mol. The molecule has 0 amide bonds. The van der Waals surface area contributed by atoms with E-state index < -0.39 is 9.85 Å². The number of hydrogen-bond acceptors (Lipinski definition) is 6. The normalized spacial score (nSPS) is 17.4. The van der Waals surface area contributed by atoms with Gasteiger partial charge in [-0.25, -0.2) is 0 Å². The van der Waals surface area contributed by atoms with Gasteiger partial charge in [0, 0.05) is 23.6 Å². The molecule has 0 saturated carbocycles. The second-order valence-electron chi connectivity index (χ2n) is 10.3. The minimum absolute atomic E-state index is 0.0111. The third-order valence-corrected chi connectivity index (χ3v) is 7.15. The molecule has 38 heavy (non-hydrogen) atoms. The topological polar surface area (TPSA) is 105 Å². The number of nitro groups is 2. The molecule has 8 nitrogen and oxygen atoms in total. The predicted molar refractivity (Wildman–Crippen MR) is 143 cm³/mol. The molecule has 0 aromatic heterocycles. The molecule has 192 valence electrons. The first-order chi connectivity index (χ1) is 18.0. The van der Waals surface area contributed by atoms with E-state index in [0.717, 1.165) is 17.5 Å². The van der Waals surface area contributed by atoms with E-state index in [2.05, 4.69) is 26.8 Å². The van der Waals surface area contributed by atoms with Crippen molar-refractivity contribution in [3.8, 4) is 23.0 Å². The van der Waals surface area contributed by atoms with Crippen molar-refractivity contribution in [2.75, 3.05) is 0 Å². The van der Waals surface area contributed by atoms with E-state index in [-0.39, 0.29) is 22.2 Å². The first-order valence-corrected chi connectivity index (χ1v) is 12.2. The molecule has 5 rings (SSSR count).